The van der Waals surface area contributed by atoms with E-state index in [0.717, 1.165) is 37.4 Å². The molecule has 138 valence electrons. The normalized spacial score (nSPS) is 27.5. The Kier molecular flexibility index (Phi) is 4.65. The molecule has 25 heavy (non-hydrogen) atoms. The molecule has 0 amide bonds. The van der Waals surface area contributed by atoms with E-state index in [-0.39, 0.29) is 6.61 Å². The highest BCUT2D eigenvalue weighted by molar-refractivity contribution is 7.92. The van der Waals surface area contributed by atoms with Crippen molar-refractivity contribution in [3.8, 4) is 0 Å². The molecule has 1 unspecified atom stereocenters. The van der Waals surface area contributed by atoms with Crippen molar-refractivity contribution in [1.29, 1.82) is 0 Å². The molecule has 1 aromatic rings. The van der Waals surface area contributed by atoms with Gasteiger partial charge in [-0.3, -0.25) is 5.32 Å². The van der Waals surface area contributed by atoms with E-state index in [4.69, 9.17) is 4.74 Å². The Hall–Kier alpha value is -0.950. The van der Waals surface area contributed by atoms with Crippen LogP contribution >= 0.6 is 0 Å². The van der Waals surface area contributed by atoms with E-state index in [1.54, 1.807) is 12.1 Å². The summed E-state index contributed by atoms with van der Waals surface area (Å²) >= 11 is 0. The first-order valence-corrected chi connectivity index (χ1v) is 11.0. The van der Waals surface area contributed by atoms with Crippen LogP contribution in [0.25, 0.3) is 0 Å². The summed E-state index contributed by atoms with van der Waals surface area (Å²) in [7, 11) is -3.41. The van der Waals surface area contributed by atoms with Crippen molar-refractivity contribution in [2.45, 2.75) is 55.0 Å². The van der Waals surface area contributed by atoms with Gasteiger partial charge >= 0.3 is 0 Å². The van der Waals surface area contributed by atoms with Crippen LogP contribution in [-0.2, 0) is 14.6 Å². The molecule has 3 aliphatic rings. The lowest BCUT2D eigenvalue weighted by Crippen LogP contribution is -2.54. The second-order valence-electron chi connectivity index (χ2n) is 7.89. The van der Waals surface area contributed by atoms with Gasteiger partial charge in [0.2, 0.25) is 0 Å². The molecule has 2 aliphatic heterocycles. The maximum Gasteiger partial charge on any atom is 0.196 e. The maximum absolute atomic E-state index is 12.9. The van der Waals surface area contributed by atoms with Gasteiger partial charge in [0.1, 0.15) is 11.1 Å². The number of benzene rings is 1. The molecule has 3 fully saturated rings. The van der Waals surface area contributed by atoms with Crippen molar-refractivity contribution < 1.29 is 13.2 Å². The number of likely N-dealkylation sites (tertiary alicyclic amines) is 1. The number of sulfone groups is 1. The number of aryl methyl sites for hydroxylation is 1. The molecule has 1 aliphatic carbocycles. The average Bonchev–Trinajstić information content (AvgIpc) is 2.98. The van der Waals surface area contributed by atoms with Crippen LogP contribution in [0, 0.1) is 12.8 Å². The molecule has 2 heterocycles. The molecular formula is C19H28N2O3S. The van der Waals surface area contributed by atoms with Gasteiger partial charge in [-0.25, -0.2) is 8.42 Å². The summed E-state index contributed by atoms with van der Waals surface area (Å²) in [6, 6.07) is 7.08. The molecule has 2 saturated heterocycles. The van der Waals surface area contributed by atoms with E-state index in [1.807, 2.05) is 19.1 Å². The van der Waals surface area contributed by atoms with Gasteiger partial charge in [0.25, 0.3) is 0 Å². The quantitative estimate of drug-likeness (QED) is 0.888. The Bertz CT molecular complexity index is 705. The van der Waals surface area contributed by atoms with Crippen LogP contribution < -0.4 is 5.32 Å². The number of ether oxygens (including phenoxy) is 1. The summed E-state index contributed by atoms with van der Waals surface area (Å²) in [4.78, 5) is 2.89. The van der Waals surface area contributed by atoms with Gasteiger partial charge in [0.05, 0.1) is 11.5 Å². The monoisotopic (exact) mass is 364 g/mol. The van der Waals surface area contributed by atoms with Crippen molar-refractivity contribution in [3.63, 3.8) is 0 Å². The van der Waals surface area contributed by atoms with E-state index < -0.39 is 20.9 Å². The lowest BCUT2D eigenvalue weighted by atomic mass is 9.84. The first-order chi connectivity index (χ1) is 12.0. The summed E-state index contributed by atoms with van der Waals surface area (Å²) in [5.41, 5.74) is 0.600. The predicted octanol–water partition coefficient (Wildman–Crippen LogP) is 2.31. The highest BCUT2D eigenvalue weighted by Crippen LogP contribution is 2.34. The van der Waals surface area contributed by atoms with Gasteiger partial charge in [0, 0.05) is 32.5 Å². The summed E-state index contributed by atoms with van der Waals surface area (Å²) < 4.78 is 31.8. The molecular weight excluding hydrogens is 336 g/mol. The third-order valence-corrected chi connectivity index (χ3v) is 8.00. The van der Waals surface area contributed by atoms with E-state index in [2.05, 4.69) is 10.2 Å². The number of nitrogens with zero attached hydrogens (tertiary/aromatic N) is 1. The number of hydrogen-bond donors (Lipinski definition) is 1. The predicted molar refractivity (Wildman–Crippen MR) is 97.0 cm³/mol. The van der Waals surface area contributed by atoms with Crippen LogP contribution in [0.4, 0.5) is 0 Å². The van der Waals surface area contributed by atoms with E-state index >= 15 is 0 Å². The van der Waals surface area contributed by atoms with E-state index in [9.17, 15) is 8.42 Å². The molecule has 1 N–H and O–H groups in total. The zero-order valence-electron chi connectivity index (χ0n) is 14.9. The van der Waals surface area contributed by atoms with Crippen molar-refractivity contribution in [1.82, 2.24) is 10.2 Å². The first-order valence-electron chi connectivity index (χ1n) is 9.41. The first kappa shape index (κ1) is 17.5. The van der Waals surface area contributed by atoms with Gasteiger partial charge in [-0.2, -0.15) is 0 Å². The highest BCUT2D eigenvalue weighted by atomic mass is 32.2. The number of hydrogen-bond acceptors (Lipinski definition) is 5. The van der Waals surface area contributed by atoms with Crippen molar-refractivity contribution in [3.05, 3.63) is 29.8 Å². The maximum atomic E-state index is 12.9. The van der Waals surface area contributed by atoms with Gasteiger partial charge in [-0.15, -0.1) is 0 Å². The third kappa shape index (κ3) is 3.50. The minimum atomic E-state index is -3.41. The molecule has 0 aromatic heterocycles. The third-order valence-electron chi connectivity index (χ3n) is 6.06. The van der Waals surface area contributed by atoms with Crippen molar-refractivity contribution >= 4 is 9.84 Å². The summed E-state index contributed by atoms with van der Waals surface area (Å²) in [5, 5.41) is 2.68. The lowest BCUT2D eigenvalue weighted by molar-refractivity contribution is -0.0597. The largest absolute Gasteiger partial charge is 0.358 e. The highest BCUT2D eigenvalue weighted by Gasteiger charge is 2.46. The molecule has 6 heteroatoms. The zero-order valence-corrected chi connectivity index (χ0v) is 15.7. The Morgan fingerprint density at radius 1 is 1.20 bits per heavy atom. The molecule has 1 atom stereocenters. The lowest BCUT2D eigenvalue weighted by Gasteiger charge is -2.41. The standard InChI is InChI=1S/C19H28N2O3S/c1-15-5-7-17(8-6-15)25(22,23)18-14-24-19(20-18)9-11-21(12-10-19)13-16-3-2-4-16/h5-8,16,18,20H,2-4,9-14H2,1H3. The van der Waals surface area contributed by atoms with Crippen LogP contribution in [0.5, 0.6) is 0 Å². The molecule has 0 radical (unpaired) electrons. The molecule has 4 rings (SSSR count). The summed E-state index contributed by atoms with van der Waals surface area (Å²) in [6.07, 6.45) is 5.84. The Balaban J connectivity index is 1.38. The fraction of sp³-hybridized carbons (Fsp3) is 0.684. The Labute approximate surface area is 150 Å². The van der Waals surface area contributed by atoms with Gasteiger partial charge < -0.3 is 9.64 Å². The molecule has 1 saturated carbocycles. The fourth-order valence-corrected chi connectivity index (χ4v) is 5.56. The minimum Gasteiger partial charge on any atom is -0.358 e. The van der Waals surface area contributed by atoms with Gasteiger partial charge in [-0.1, -0.05) is 24.1 Å². The molecule has 0 bridgehead atoms. The van der Waals surface area contributed by atoms with Gasteiger partial charge in [0.15, 0.2) is 9.84 Å². The Morgan fingerprint density at radius 3 is 2.48 bits per heavy atom. The van der Waals surface area contributed by atoms with Crippen LogP contribution in [-0.4, -0.2) is 50.7 Å². The van der Waals surface area contributed by atoms with Crippen LogP contribution in [0.2, 0.25) is 0 Å². The molecule has 1 aromatic carbocycles. The number of nitrogens with one attached hydrogen (secondary N) is 1. The molecule has 1 spiro atoms. The second-order valence-corrected chi connectivity index (χ2v) is 10.0. The van der Waals surface area contributed by atoms with Crippen LogP contribution in [0.3, 0.4) is 0 Å². The summed E-state index contributed by atoms with van der Waals surface area (Å²) in [6.45, 7) is 5.36. The topological polar surface area (TPSA) is 58.6 Å². The van der Waals surface area contributed by atoms with Crippen molar-refractivity contribution in [2.75, 3.05) is 26.2 Å². The SMILES string of the molecule is Cc1ccc(S(=O)(=O)C2COC3(CCN(CC4CCC4)CC3)N2)cc1. The Morgan fingerprint density at radius 2 is 1.88 bits per heavy atom. The number of rotatable bonds is 4. The second kappa shape index (κ2) is 6.65. The van der Waals surface area contributed by atoms with Crippen molar-refractivity contribution in [2.24, 2.45) is 5.92 Å². The van der Waals surface area contributed by atoms with Crippen LogP contribution in [0.1, 0.15) is 37.7 Å². The average molecular weight is 365 g/mol. The molecule has 5 nitrogen and oxygen atoms in total. The minimum absolute atomic E-state index is 0.235. The fourth-order valence-electron chi connectivity index (χ4n) is 4.10. The smallest absolute Gasteiger partial charge is 0.196 e. The van der Waals surface area contributed by atoms with E-state index in [0.29, 0.717) is 4.90 Å². The zero-order chi connectivity index (χ0) is 17.5. The summed E-state index contributed by atoms with van der Waals surface area (Å²) in [5.74, 6) is 0.876. The van der Waals surface area contributed by atoms with Crippen LogP contribution in [0.15, 0.2) is 29.2 Å². The number of piperidine rings is 1. The van der Waals surface area contributed by atoms with Gasteiger partial charge in [-0.05, 0) is 37.8 Å². The van der Waals surface area contributed by atoms with E-state index in [1.165, 1.54) is 25.8 Å².